The molecule has 1 heterocycles. The Morgan fingerprint density at radius 2 is 2.00 bits per heavy atom. The molecule has 7 nitrogen and oxygen atoms in total. The van der Waals surface area contributed by atoms with Crippen LogP contribution in [0.4, 0.5) is 10.1 Å². The standard InChI is InChI=1S/C20H28FN3O4/c1-4-28-20(27)15-8-10-24(11-9-15)19(26)14(2)23(3)13-18(25)22-17-7-5-6-16(21)12-17/h5-7,12,14-15H,4,8-11,13H2,1-3H3,(H,22,25)/t14-/m1/s1. The summed E-state index contributed by atoms with van der Waals surface area (Å²) in [5.74, 6) is -1.19. The van der Waals surface area contributed by atoms with Crippen molar-refractivity contribution in [2.45, 2.75) is 32.7 Å². The molecule has 1 saturated heterocycles. The Morgan fingerprint density at radius 3 is 2.61 bits per heavy atom. The number of carbonyl (C=O) groups is 3. The van der Waals surface area contributed by atoms with E-state index in [1.807, 2.05) is 0 Å². The number of ether oxygens (including phenoxy) is 1. The van der Waals surface area contributed by atoms with Crippen molar-refractivity contribution >= 4 is 23.5 Å². The van der Waals surface area contributed by atoms with Gasteiger partial charge in [-0.3, -0.25) is 19.3 Å². The number of carbonyl (C=O) groups excluding carboxylic acids is 3. The lowest BCUT2D eigenvalue weighted by Crippen LogP contribution is -2.50. The van der Waals surface area contributed by atoms with Gasteiger partial charge in [0.25, 0.3) is 0 Å². The number of halogens is 1. The summed E-state index contributed by atoms with van der Waals surface area (Å²) < 4.78 is 18.2. The second kappa shape index (κ2) is 10.2. The van der Waals surface area contributed by atoms with E-state index in [0.717, 1.165) is 0 Å². The first kappa shape index (κ1) is 21.8. The van der Waals surface area contributed by atoms with Crippen LogP contribution in [-0.2, 0) is 19.1 Å². The average molecular weight is 393 g/mol. The van der Waals surface area contributed by atoms with Gasteiger partial charge in [-0.05, 0) is 51.9 Å². The molecular weight excluding hydrogens is 365 g/mol. The third kappa shape index (κ3) is 6.02. The lowest BCUT2D eigenvalue weighted by molar-refractivity contribution is -0.152. The normalized spacial score (nSPS) is 16.0. The number of hydrogen-bond acceptors (Lipinski definition) is 5. The van der Waals surface area contributed by atoms with Crippen molar-refractivity contribution in [2.75, 3.05) is 38.6 Å². The summed E-state index contributed by atoms with van der Waals surface area (Å²) >= 11 is 0. The molecular formula is C20H28FN3O4. The van der Waals surface area contributed by atoms with Crippen molar-refractivity contribution in [1.29, 1.82) is 0 Å². The van der Waals surface area contributed by atoms with E-state index in [1.165, 1.54) is 18.2 Å². The molecule has 1 aliphatic heterocycles. The van der Waals surface area contributed by atoms with E-state index < -0.39 is 11.9 Å². The van der Waals surface area contributed by atoms with Crippen molar-refractivity contribution < 1.29 is 23.5 Å². The van der Waals surface area contributed by atoms with Gasteiger partial charge < -0.3 is 15.0 Å². The Hall–Kier alpha value is -2.48. The fourth-order valence-electron chi connectivity index (χ4n) is 3.18. The zero-order valence-electron chi connectivity index (χ0n) is 16.6. The van der Waals surface area contributed by atoms with Gasteiger partial charge in [-0.2, -0.15) is 0 Å². The SMILES string of the molecule is CCOC(=O)C1CCN(C(=O)[C@@H](C)N(C)CC(=O)Nc2cccc(F)c2)CC1. The summed E-state index contributed by atoms with van der Waals surface area (Å²) in [4.78, 5) is 40.1. The van der Waals surface area contributed by atoms with Crippen LogP contribution in [0.25, 0.3) is 0 Å². The van der Waals surface area contributed by atoms with Crippen LogP contribution in [-0.4, -0.2) is 66.9 Å². The molecule has 2 rings (SSSR count). The Kier molecular flexibility index (Phi) is 7.92. The van der Waals surface area contributed by atoms with Crippen LogP contribution >= 0.6 is 0 Å². The predicted molar refractivity (Wildman–Crippen MR) is 103 cm³/mol. The first-order valence-corrected chi connectivity index (χ1v) is 9.53. The van der Waals surface area contributed by atoms with Crippen LogP contribution in [0.5, 0.6) is 0 Å². The number of nitrogens with one attached hydrogen (secondary N) is 1. The van der Waals surface area contributed by atoms with Crippen LogP contribution in [0.2, 0.25) is 0 Å². The van der Waals surface area contributed by atoms with Gasteiger partial charge >= 0.3 is 5.97 Å². The first-order chi connectivity index (χ1) is 13.3. The Labute approximate surface area is 164 Å². The van der Waals surface area contributed by atoms with E-state index in [-0.39, 0.29) is 30.2 Å². The summed E-state index contributed by atoms with van der Waals surface area (Å²) in [5, 5.41) is 2.62. The van der Waals surface area contributed by atoms with E-state index in [1.54, 1.807) is 36.8 Å². The zero-order chi connectivity index (χ0) is 20.7. The van der Waals surface area contributed by atoms with Gasteiger partial charge in [0.05, 0.1) is 25.1 Å². The number of piperidine rings is 1. The van der Waals surface area contributed by atoms with E-state index in [9.17, 15) is 18.8 Å². The monoisotopic (exact) mass is 393 g/mol. The number of hydrogen-bond donors (Lipinski definition) is 1. The summed E-state index contributed by atoms with van der Waals surface area (Å²) in [6, 6.07) is 5.16. The second-order valence-electron chi connectivity index (χ2n) is 7.00. The van der Waals surface area contributed by atoms with Gasteiger partial charge in [0.1, 0.15) is 5.82 Å². The van der Waals surface area contributed by atoms with E-state index in [4.69, 9.17) is 4.74 Å². The van der Waals surface area contributed by atoms with Gasteiger partial charge in [-0.1, -0.05) is 6.07 Å². The molecule has 0 aromatic heterocycles. The van der Waals surface area contributed by atoms with E-state index in [0.29, 0.717) is 38.2 Å². The molecule has 1 aliphatic rings. The average Bonchev–Trinajstić information content (AvgIpc) is 2.67. The van der Waals surface area contributed by atoms with Crippen LogP contribution in [0.1, 0.15) is 26.7 Å². The second-order valence-corrected chi connectivity index (χ2v) is 7.00. The third-order valence-electron chi connectivity index (χ3n) is 4.95. The van der Waals surface area contributed by atoms with Crippen LogP contribution < -0.4 is 5.32 Å². The van der Waals surface area contributed by atoms with E-state index >= 15 is 0 Å². The molecule has 0 saturated carbocycles. The van der Waals surface area contributed by atoms with Crippen molar-refractivity contribution in [3.05, 3.63) is 30.1 Å². The minimum atomic E-state index is -0.489. The maximum Gasteiger partial charge on any atom is 0.309 e. The maximum atomic E-state index is 13.2. The van der Waals surface area contributed by atoms with Crippen molar-refractivity contribution in [1.82, 2.24) is 9.80 Å². The highest BCUT2D eigenvalue weighted by molar-refractivity contribution is 5.92. The molecule has 28 heavy (non-hydrogen) atoms. The van der Waals surface area contributed by atoms with Crippen molar-refractivity contribution in [3.8, 4) is 0 Å². The molecule has 0 bridgehead atoms. The lowest BCUT2D eigenvalue weighted by atomic mass is 9.96. The number of likely N-dealkylation sites (tertiary alicyclic amines) is 1. The molecule has 0 radical (unpaired) electrons. The fraction of sp³-hybridized carbons (Fsp3) is 0.550. The zero-order valence-corrected chi connectivity index (χ0v) is 16.6. The molecule has 1 fully saturated rings. The molecule has 154 valence electrons. The van der Waals surface area contributed by atoms with Gasteiger partial charge in [-0.15, -0.1) is 0 Å². The fourth-order valence-corrected chi connectivity index (χ4v) is 3.18. The van der Waals surface area contributed by atoms with Gasteiger partial charge in [0.2, 0.25) is 11.8 Å². The lowest BCUT2D eigenvalue weighted by Gasteiger charge is -2.34. The highest BCUT2D eigenvalue weighted by Gasteiger charge is 2.31. The highest BCUT2D eigenvalue weighted by atomic mass is 19.1. The Morgan fingerprint density at radius 1 is 1.32 bits per heavy atom. The summed E-state index contributed by atoms with van der Waals surface area (Å²) in [7, 11) is 1.69. The summed E-state index contributed by atoms with van der Waals surface area (Å²) in [6.45, 7) is 4.87. The molecule has 1 aromatic rings. The first-order valence-electron chi connectivity index (χ1n) is 9.53. The van der Waals surface area contributed by atoms with Crippen LogP contribution in [0, 0.1) is 11.7 Å². The Bertz CT molecular complexity index is 704. The smallest absolute Gasteiger partial charge is 0.309 e. The van der Waals surface area contributed by atoms with Gasteiger partial charge in [-0.25, -0.2) is 4.39 Å². The highest BCUT2D eigenvalue weighted by Crippen LogP contribution is 2.20. The summed E-state index contributed by atoms with van der Waals surface area (Å²) in [6.07, 6.45) is 1.17. The summed E-state index contributed by atoms with van der Waals surface area (Å²) in [5.41, 5.74) is 0.374. The van der Waals surface area contributed by atoms with Gasteiger partial charge in [0, 0.05) is 18.8 Å². The number of amides is 2. The molecule has 1 aromatic carbocycles. The number of esters is 1. The minimum Gasteiger partial charge on any atom is -0.466 e. The molecule has 1 atom stereocenters. The number of rotatable bonds is 7. The van der Waals surface area contributed by atoms with Gasteiger partial charge in [0.15, 0.2) is 0 Å². The van der Waals surface area contributed by atoms with Crippen LogP contribution in [0.15, 0.2) is 24.3 Å². The molecule has 0 unspecified atom stereocenters. The third-order valence-corrected chi connectivity index (χ3v) is 4.95. The minimum absolute atomic E-state index is 0.00269. The number of nitrogens with zero attached hydrogens (tertiary/aromatic N) is 2. The molecule has 0 aliphatic carbocycles. The maximum absolute atomic E-state index is 13.2. The molecule has 1 N–H and O–H groups in total. The molecule has 2 amide bonds. The van der Waals surface area contributed by atoms with Crippen LogP contribution in [0.3, 0.4) is 0 Å². The van der Waals surface area contributed by atoms with E-state index in [2.05, 4.69) is 5.32 Å². The van der Waals surface area contributed by atoms with Crippen molar-refractivity contribution in [2.24, 2.45) is 5.92 Å². The number of benzene rings is 1. The number of likely N-dealkylation sites (N-methyl/N-ethyl adjacent to an activating group) is 1. The quantitative estimate of drug-likeness (QED) is 0.716. The number of anilines is 1. The molecule has 8 heteroatoms. The predicted octanol–water partition coefficient (Wildman–Crippen LogP) is 1.89. The topological polar surface area (TPSA) is 79.0 Å². The van der Waals surface area contributed by atoms with Crippen molar-refractivity contribution in [3.63, 3.8) is 0 Å². The Balaban J connectivity index is 1.82. The largest absolute Gasteiger partial charge is 0.466 e. The molecule has 0 spiro atoms.